The number of carbonyl (C=O) groups excluding carboxylic acids is 2. The molecule has 0 saturated carbocycles. The highest BCUT2D eigenvalue weighted by Crippen LogP contribution is 2.08. The summed E-state index contributed by atoms with van der Waals surface area (Å²) in [6.45, 7) is 5.25. The Hall–Kier alpha value is 0.360. The highest BCUT2D eigenvalue weighted by Gasteiger charge is 2.06. The molecule has 21 heavy (non-hydrogen) atoms. The van der Waals surface area contributed by atoms with Crippen LogP contribution in [0.3, 0.4) is 0 Å². The van der Waals surface area contributed by atoms with Gasteiger partial charge in [0.2, 0.25) is 0 Å². The summed E-state index contributed by atoms with van der Waals surface area (Å²) in [5.41, 5.74) is 0. The van der Waals surface area contributed by atoms with E-state index >= 15 is 0 Å². The molecule has 0 aromatic heterocycles. The molecule has 0 aliphatic heterocycles. The molecule has 0 aromatic rings. The van der Waals surface area contributed by atoms with E-state index in [-0.39, 0.29) is 25.2 Å². The molecule has 0 bridgehead atoms. The van der Waals surface area contributed by atoms with Crippen molar-refractivity contribution in [1.29, 1.82) is 0 Å². The van der Waals surface area contributed by atoms with Crippen molar-refractivity contribution in [2.45, 2.75) is 47.4 Å². The average molecular weight is 526 g/mol. The van der Waals surface area contributed by atoms with Gasteiger partial charge < -0.3 is 14.2 Å². The second kappa shape index (κ2) is 14.0. The third-order valence-corrected chi connectivity index (χ3v) is 3.72. The lowest BCUT2D eigenvalue weighted by Gasteiger charge is -2.08. The lowest BCUT2D eigenvalue weighted by molar-refractivity contribution is -0.146. The smallest absolute Gasteiger partial charge is 0.305 e. The van der Waals surface area contributed by atoms with Crippen LogP contribution in [-0.2, 0) is 23.8 Å². The second-order valence-corrected chi connectivity index (χ2v) is 8.95. The van der Waals surface area contributed by atoms with Crippen LogP contribution in [-0.4, -0.2) is 46.2 Å². The maximum Gasteiger partial charge on any atom is 0.305 e. The van der Waals surface area contributed by atoms with Gasteiger partial charge in [-0.25, -0.2) is 0 Å². The molecule has 0 heterocycles. The van der Waals surface area contributed by atoms with Gasteiger partial charge in [-0.3, -0.25) is 9.59 Å². The van der Waals surface area contributed by atoms with Gasteiger partial charge >= 0.3 is 11.9 Å². The summed E-state index contributed by atoms with van der Waals surface area (Å²) in [6.07, 6.45) is 2.53. The van der Waals surface area contributed by atoms with Crippen LogP contribution in [0, 0.1) is 0 Å². The van der Waals surface area contributed by atoms with Crippen molar-refractivity contribution in [3.8, 4) is 0 Å². The normalized spacial score (nSPS) is 13.5. The summed E-state index contributed by atoms with van der Waals surface area (Å²) in [6, 6.07) is 0. The molecule has 0 N–H and O–H groups in total. The molecule has 0 aliphatic carbocycles. The number of hydrogen-bond acceptors (Lipinski definition) is 5. The Labute approximate surface area is 154 Å². The van der Waals surface area contributed by atoms with Crippen molar-refractivity contribution in [2.75, 3.05) is 26.4 Å². The van der Waals surface area contributed by atoms with E-state index in [2.05, 4.69) is 59.0 Å². The zero-order valence-electron chi connectivity index (χ0n) is 12.6. The Morgan fingerprint density at radius 1 is 0.810 bits per heavy atom. The Morgan fingerprint density at radius 2 is 1.19 bits per heavy atom. The highest BCUT2D eigenvalue weighted by molar-refractivity contribution is 14.1. The van der Waals surface area contributed by atoms with Crippen LogP contribution in [0.15, 0.2) is 0 Å². The fourth-order valence-corrected chi connectivity index (χ4v) is 1.93. The topological polar surface area (TPSA) is 61.8 Å². The summed E-state index contributed by atoms with van der Waals surface area (Å²) in [5.74, 6) is -0.386. The van der Waals surface area contributed by atoms with E-state index in [1.54, 1.807) is 0 Å². The maximum atomic E-state index is 11.3. The summed E-state index contributed by atoms with van der Waals surface area (Å²) in [7, 11) is 0. The van der Waals surface area contributed by atoms with Crippen LogP contribution in [0.25, 0.3) is 0 Å². The van der Waals surface area contributed by atoms with E-state index in [0.29, 0.717) is 33.9 Å². The van der Waals surface area contributed by atoms with Crippen LogP contribution in [0.4, 0.5) is 0 Å². The predicted octanol–water partition coefficient (Wildman–Crippen LogP) is 3.30. The third-order valence-electron chi connectivity index (χ3n) is 2.47. The first-order valence-electron chi connectivity index (χ1n) is 7.09. The summed E-state index contributed by atoms with van der Waals surface area (Å²) in [5, 5.41) is 0. The van der Waals surface area contributed by atoms with Crippen molar-refractivity contribution in [3.05, 3.63) is 0 Å². The predicted molar refractivity (Wildman–Crippen MR) is 98.2 cm³/mol. The van der Waals surface area contributed by atoms with Crippen LogP contribution in [0.1, 0.15) is 39.5 Å². The molecule has 2 unspecified atom stereocenters. The minimum absolute atomic E-state index is 0.193. The molecular weight excluding hydrogens is 502 g/mol. The minimum Gasteiger partial charge on any atom is -0.463 e. The first-order chi connectivity index (χ1) is 9.91. The van der Waals surface area contributed by atoms with E-state index in [0.717, 1.165) is 12.8 Å². The second-order valence-electron chi connectivity index (χ2n) is 4.69. The number of ether oxygens (including phenoxy) is 3. The van der Waals surface area contributed by atoms with Gasteiger partial charge in [0.1, 0.15) is 13.2 Å². The highest BCUT2D eigenvalue weighted by atomic mass is 127. The number of esters is 2. The summed E-state index contributed by atoms with van der Waals surface area (Å²) in [4.78, 5) is 22.6. The number of hydrogen-bond donors (Lipinski definition) is 0. The summed E-state index contributed by atoms with van der Waals surface area (Å²) >= 11 is 4.55. The number of halogens is 2. The van der Waals surface area contributed by atoms with Crippen molar-refractivity contribution in [3.63, 3.8) is 0 Å². The molecule has 0 radical (unpaired) electrons. The van der Waals surface area contributed by atoms with Gasteiger partial charge in [-0.1, -0.05) is 59.0 Å². The maximum absolute atomic E-state index is 11.3. The fraction of sp³-hybridized carbons (Fsp3) is 0.857. The van der Waals surface area contributed by atoms with Gasteiger partial charge in [-0.2, -0.15) is 0 Å². The quantitative estimate of drug-likeness (QED) is 0.169. The monoisotopic (exact) mass is 526 g/mol. The van der Waals surface area contributed by atoms with Crippen LogP contribution in [0.2, 0.25) is 0 Å². The van der Waals surface area contributed by atoms with Crippen LogP contribution < -0.4 is 0 Å². The van der Waals surface area contributed by atoms with E-state index in [1.165, 1.54) is 0 Å². The van der Waals surface area contributed by atoms with Gasteiger partial charge in [0, 0.05) is 20.7 Å². The minimum atomic E-state index is -0.193. The number of alkyl halides is 2. The Morgan fingerprint density at radius 3 is 1.52 bits per heavy atom. The molecule has 0 saturated heterocycles. The first-order valence-corrected chi connectivity index (χ1v) is 9.58. The standard InChI is InChI=1S/C14H24I2O5/c1-11(15)3-5-13(17)20-9-7-19-8-10-21-14(18)6-4-12(2)16/h11-12H,3-10H2,1-2H3. The Balaban J connectivity index is 3.32. The molecule has 5 nitrogen and oxygen atoms in total. The Bertz CT molecular complexity index is 267. The van der Waals surface area contributed by atoms with Gasteiger partial charge in [-0.15, -0.1) is 0 Å². The van der Waals surface area contributed by atoms with Crippen molar-refractivity contribution >= 4 is 57.1 Å². The SMILES string of the molecule is CC(I)CCC(=O)OCCOCCOC(=O)CCC(C)I. The lowest BCUT2D eigenvalue weighted by atomic mass is 10.2. The van der Waals surface area contributed by atoms with Crippen molar-refractivity contribution in [2.24, 2.45) is 0 Å². The van der Waals surface area contributed by atoms with E-state index < -0.39 is 0 Å². The van der Waals surface area contributed by atoms with Gasteiger partial charge in [-0.05, 0) is 12.8 Å². The third kappa shape index (κ3) is 16.6. The molecule has 0 aliphatic rings. The molecule has 0 aromatic carbocycles. The molecule has 0 rings (SSSR count). The molecule has 0 spiro atoms. The zero-order valence-corrected chi connectivity index (χ0v) is 16.9. The Kier molecular flexibility index (Phi) is 14.2. The van der Waals surface area contributed by atoms with E-state index in [4.69, 9.17) is 14.2 Å². The number of rotatable bonds is 12. The van der Waals surface area contributed by atoms with Gasteiger partial charge in [0.05, 0.1) is 13.2 Å². The van der Waals surface area contributed by atoms with E-state index in [1.807, 2.05) is 0 Å². The molecule has 0 amide bonds. The zero-order chi connectivity index (χ0) is 16.1. The first kappa shape index (κ1) is 21.4. The van der Waals surface area contributed by atoms with Crippen molar-refractivity contribution in [1.82, 2.24) is 0 Å². The molecule has 7 heteroatoms. The molecule has 124 valence electrons. The number of carbonyl (C=O) groups is 2. The molecule has 0 fully saturated rings. The van der Waals surface area contributed by atoms with Gasteiger partial charge in [0.15, 0.2) is 0 Å². The molecule has 2 atom stereocenters. The van der Waals surface area contributed by atoms with Crippen molar-refractivity contribution < 1.29 is 23.8 Å². The van der Waals surface area contributed by atoms with E-state index in [9.17, 15) is 9.59 Å². The fourth-order valence-electron chi connectivity index (χ4n) is 1.31. The van der Waals surface area contributed by atoms with Crippen LogP contribution in [0.5, 0.6) is 0 Å². The molecular formula is C14H24I2O5. The lowest BCUT2D eigenvalue weighted by Crippen LogP contribution is -2.15. The van der Waals surface area contributed by atoms with Crippen LogP contribution >= 0.6 is 45.2 Å². The largest absolute Gasteiger partial charge is 0.463 e. The average Bonchev–Trinajstić information content (AvgIpc) is 2.41. The van der Waals surface area contributed by atoms with Gasteiger partial charge in [0.25, 0.3) is 0 Å². The summed E-state index contributed by atoms with van der Waals surface area (Å²) < 4.78 is 16.2.